The summed E-state index contributed by atoms with van der Waals surface area (Å²) in [6.45, 7) is 1.90. The first-order chi connectivity index (χ1) is 7.07. The summed E-state index contributed by atoms with van der Waals surface area (Å²) in [5, 5.41) is 10.5. The largest absolute Gasteiger partial charge is 0.388 e. The zero-order valence-corrected chi connectivity index (χ0v) is 11.3. The quantitative estimate of drug-likeness (QED) is 0.904. The molecule has 0 radical (unpaired) electrons. The number of halogens is 1. The first-order valence-corrected chi connectivity index (χ1v) is 6.83. The van der Waals surface area contributed by atoms with E-state index in [-0.39, 0.29) is 0 Å². The molecule has 1 aromatic rings. The number of aliphatic hydroxyl groups is 1. The fourth-order valence-electron chi connectivity index (χ4n) is 2.25. The van der Waals surface area contributed by atoms with Crippen molar-refractivity contribution in [1.29, 1.82) is 0 Å². The van der Waals surface area contributed by atoms with E-state index in [0.717, 1.165) is 36.1 Å². The molecule has 1 aliphatic rings. The number of likely N-dealkylation sites (tertiary alicyclic amines) is 1. The molecule has 15 heavy (non-hydrogen) atoms. The molecule has 1 aliphatic heterocycles. The fraction of sp³-hybridized carbons (Fsp3) is 0.636. The number of nitrogens with zero attached hydrogens (tertiary/aromatic N) is 1. The molecule has 84 valence electrons. The summed E-state index contributed by atoms with van der Waals surface area (Å²) in [5.74, 6) is 0. The molecule has 1 aromatic heterocycles. The highest BCUT2D eigenvalue weighted by atomic mass is 79.9. The molecule has 0 spiro atoms. The Morgan fingerprint density at radius 2 is 2.40 bits per heavy atom. The molecule has 4 heteroatoms. The van der Waals surface area contributed by atoms with E-state index in [0.29, 0.717) is 0 Å². The third-order valence-corrected chi connectivity index (χ3v) is 4.50. The first kappa shape index (κ1) is 11.6. The van der Waals surface area contributed by atoms with Crippen LogP contribution in [0.3, 0.4) is 0 Å². The summed E-state index contributed by atoms with van der Waals surface area (Å²) >= 11 is 5.17. The molecule has 1 atom stereocenters. The van der Waals surface area contributed by atoms with Crippen LogP contribution in [0, 0.1) is 0 Å². The highest BCUT2D eigenvalue weighted by Gasteiger charge is 2.32. The Hall–Kier alpha value is 0.1000. The van der Waals surface area contributed by atoms with Gasteiger partial charge < -0.3 is 10.0 Å². The predicted molar refractivity (Wildman–Crippen MR) is 67.4 cm³/mol. The molecule has 0 saturated carbocycles. The summed E-state index contributed by atoms with van der Waals surface area (Å²) in [4.78, 5) is 3.48. The average Bonchev–Trinajstić information content (AvgIpc) is 2.49. The van der Waals surface area contributed by atoms with Gasteiger partial charge in [-0.25, -0.2) is 0 Å². The lowest BCUT2D eigenvalue weighted by molar-refractivity contribution is -0.0218. The van der Waals surface area contributed by atoms with Crippen LogP contribution in [-0.4, -0.2) is 35.7 Å². The summed E-state index contributed by atoms with van der Waals surface area (Å²) in [7, 11) is 2.08. The van der Waals surface area contributed by atoms with Crippen LogP contribution >= 0.6 is 27.3 Å². The van der Waals surface area contributed by atoms with Crippen molar-refractivity contribution in [3.63, 3.8) is 0 Å². The molecule has 0 aromatic carbocycles. The number of rotatable bonds is 2. The second kappa shape index (κ2) is 4.53. The van der Waals surface area contributed by atoms with E-state index in [2.05, 4.69) is 40.0 Å². The highest BCUT2D eigenvalue weighted by molar-refractivity contribution is 9.11. The zero-order chi connectivity index (χ0) is 10.9. The van der Waals surface area contributed by atoms with E-state index in [4.69, 9.17) is 0 Å². The number of β-amino-alcohol motifs (C(OH)–C–C–N with tert-alkyl or cyclic N) is 1. The van der Waals surface area contributed by atoms with Gasteiger partial charge in [0.2, 0.25) is 0 Å². The van der Waals surface area contributed by atoms with Crippen LogP contribution in [0.1, 0.15) is 17.7 Å². The minimum Gasteiger partial charge on any atom is -0.388 e. The van der Waals surface area contributed by atoms with E-state index >= 15 is 0 Å². The fourth-order valence-corrected chi connectivity index (χ4v) is 3.87. The van der Waals surface area contributed by atoms with Crippen LogP contribution in [0.25, 0.3) is 0 Å². The van der Waals surface area contributed by atoms with Gasteiger partial charge in [-0.15, -0.1) is 11.3 Å². The Morgan fingerprint density at radius 3 is 3.00 bits per heavy atom. The van der Waals surface area contributed by atoms with Crippen molar-refractivity contribution < 1.29 is 5.11 Å². The lowest BCUT2D eigenvalue weighted by Gasteiger charge is -2.37. The Morgan fingerprint density at radius 1 is 1.60 bits per heavy atom. The zero-order valence-electron chi connectivity index (χ0n) is 8.87. The van der Waals surface area contributed by atoms with Gasteiger partial charge in [-0.05, 0) is 54.5 Å². The molecule has 0 aliphatic carbocycles. The minimum atomic E-state index is -0.517. The number of hydrogen-bond acceptors (Lipinski definition) is 3. The molecule has 2 rings (SSSR count). The third-order valence-electron chi connectivity index (χ3n) is 2.88. The van der Waals surface area contributed by atoms with Gasteiger partial charge in [0.25, 0.3) is 0 Å². The number of piperidine rings is 1. The standard InChI is InChI=1S/C11H16BrNOS/c1-13-6-2-5-11(14,8-13)7-9-3-4-10(12)15-9/h3-4,14H,2,5-8H2,1H3. The first-order valence-electron chi connectivity index (χ1n) is 5.23. The average molecular weight is 290 g/mol. The van der Waals surface area contributed by atoms with Gasteiger partial charge in [0.05, 0.1) is 9.39 Å². The van der Waals surface area contributed by atoms with Gasteiger partial charge in [0.15, 0.2) is 0 Å². The van der Waals surface area contributed by atoms with E-state index in [9.17, 15) is 5.11 Å². The van der Waals surface area contributed by atoms with Crippen LogP contribution < -0.4 is 0 Å². The maximum atomic E-state index is 10.5. The second-order valence-corrected chi connectivity index (χ2v) is 7.00. The van der Waals surface area contributed by atoms with Crippen LogP contribution in [-0.2, 0) is 6.42 Å². The summed E-state index contributed by atoms with van der Waals surface area (Å²) in [5.41, 5.74) is -0.517. The molecule has 0 bridgehead atoms. The Bertz CT molecular complexity index is 341. The summed E-state index contributed by atoms with van der Waals surface area (Å²) < 4.78 is 1.14. The van der Waals surface area contributed by atoms with E-state index in [1.807, 2.05) is 0 Å². The smallest absolute Gasteiger partial charge is 0.0822 e. The lowest BCUT2D eigenvalue weighted by Crippen LogP contribution is -2.47. The second-order valence-electron chi connectivity index (χ2n) is 4.45. The summed E-state index contributed by atoms with van der Waals surface area (Å²) in [6.07, 6.45) is 2.81. The molecule has 2 heterocycles. The van der Waals surface area contributed by atoms with Crippen LogP contribution in [0.5, 0.6) is 0 Å². The van der Waals surface area contributed by atoms with Crippen molar-refractivity contribution >= 4 is 27.3 Å². The van der Waals surface area contributed by atoms with Gasteiger partial charge in [0, 0.05) is 17.8 Å². The van der Waals surface area contributed by atoms with Crippen molar-refractivity contribution in [2.24, 2.45) is 0 Å². The molecule has 0 amide bonds. The van der Waals surface area contributed by atoms with Crippen LogP contribution in [0.2, 0.25) is 0 Å². The van der Waals surface area contributed by atoms with Crippen molar-refractivity contribution in [3.8, 4) is 0 Å². The Balaban J connectivity index is 2.03. The third kappa shape index (κ3) is 3.03. The topological polar surface area (TPSA) is 23.5 Å². The molecule has 1 saturated heterocycles. The molecule has 1 N–H and O–H groups in total. The van der Waals surface area contributed by atoms with Gasteiger partial charge in [-0.1, -0.05) is 0 Å². The normalized spacial score (nSPS) is 28.2. The van der Waals surface area contributed by atoms with Gasteiger partial charge in [0.1, 0.15) is 0 Å². The van der Waals surface area contributed by atoms with Gasteiger partial charge >= 0.3 is 0 Å². The van der Waals surface area contributed by atoms with E-state index in [1.165, 1.54) is 4.88 Å². The van der Waals surface area contributed by atoms with Crippen molar-refractivity contribution in [2.45, 2.75) is 24.9 Å². The van der Waals surface area contributed by atoms with Gasteiger partial charge in [-0.2, -0.15) is 0 Å². The van der Waals surface area contributed by atoms with Crippen LogP contribution in [0.4, 0.5) is 0 Å². The molecule has 1 fully saturated rings. The predicted octanol–water partition coefficient (Wildman–Crippen LogP) is 2.51. The number of thiophene rings is 1. The highest BCUT2D eigenvalue weighted by Crippen LogP contribution is 2.29. The lowest BCUT2D eigenvalue weighted by atomic mass is 9.89. The minimum absolute atomic E-state index is 0.517. The molecular formula is C11H16BrNOS. The maximum Gasteiger partial charge on any atom is 0.0822 e. The van der Waals surface area contributed by atoms with E-state index < -0.39 is 5.60 Å². The SMILES string of the molecule is CN1CCCC(O)(Cc2ccc(Br)s2)C1. The number of hydrogen-bond donors (Lipinski definition) is 1. The van der Waals surface area contributed by atoms with Crippen LogP contribution in [0.15, 0.2) is 15.9 Å². The number of likely N-dealkylation sites (N-methyl/N-ethyl adjacent to an activating group) is 1. The Kier molecular flexibility index (Phi) is 3.50. The Labute approximate surface area is 103 Å². The van der Waals surface area contributed by atoms with Crippen molar-refractivity contribution in [1.82, 2.24) is 4.90 Å². The molecule has 2 nitrogen and oxygen atoms in total. The van der Waals surface area contributed by atoms with E-state index in [1.54, 1.807) is 11.3 Å². The van der Waals surface area contributed by atoms with Crippen molar-refractivity contribution in [2.75, 3.05) is 20.1 Å². The molecular weight excluding hydrogens is 274 g/mol. The molecule has 1 unspecified atom stereocenters. The summed E-state index contributed by atoms with van der Waals surface area (Å²) in [6, 6.07) is 4.15. The maximum absolute atomic E-state index is 10.5. The monoisotopic (exact) mass is 289 g/mol. The van der Waals surface area contributed by atoms with Gasteiger partial charge in [-0.3, -0.25) is 0 Å². The van der Waals surface area contributed by atoms with Crippen molar-refractivity contribution in [3.05, 3.63) is 20.8 Å².